The van der Waals surface area contributed by atoms with Crippen molar-refractivity contribution in [2.45, 2.75) is 53.1 Å². The Labute approximate surface area is 116 Å². The average Bonchev–Trinajstić information content (AvgIpc) is 2.23. The summed E-state index contributed by atoms with van der Waals surface area (Å²) < 4.78 is 0. The van der Waals surface area contributed by atoms with Crippen LogP contribution in [0.2, 0.25) is 0 Å². The minimum absolute atomic E-state index is 0.0239. The quantitative estimate of drug-likeness (QED) is 0.851. The van der Waals surface area contributed by atoms with Crippen LogP contribution in [0.1, 0.15) is 57.0 Å². The van der Waals surface area contributed by atoms with Crippen LogP contribution >= 0.6 is 0 Å². The number of carbonyl (C=O) groups is 1. The molecule has 3 nitrogen and oxygen atoms in total. The van der Waals surface area contributed by atoms with Gasteiger partial charge in [0.2, 0.25) is 0 Å². The second kappa shape index (κ2) is 5.74. The minimum atomic E-state index is -0.869. The van der Waals surface area contributed by atoms with Gasteiger partial charge in [-0.15, -0.1) is 0 Å². The number of benzene rings is 1. The molecule has 0 aliphatic heterocycles. The third kappa shape index (κ3) is 5.43. The van der Waals surface area contributed by atoms with Crippen molar-refractivity contribution in [3.8, 4) is 0 Å². The maximum Gasteiger partial charge on any atom is 0.336 e. The molecule has 0 spiro atoms. The van der Waals surface area contributed by atoms with Crippen molar-refractivity contribution in [2.24, 2.45) is 5.41 Å². The van der Waals surface area contributed by atoms with Crippen LogP contribution in [0.4, 0.5) is 0 Å². The van der Waals surface area contributed by atoms with E-state index in [4.69, 9.17) is 5.11 Å². The van der Waals surface area contributed by atoms with E-state index in [-0.39, 0.29) is 11.0 Å². The molecule has 106 valence electrons. The number of nitrogens with one attached hydrogen (secondary N) is 1. The van der Waals surface area contributed by atoms with Crippen molar-refractivity contribution in [2.75, 3.05) is 0 Å². The summed E-state index contributed by atoms with van der Waals surface area (Å²) in [5.41, 5.74) is 1.42. The summed E-state index contributed by atoms with van der Waals surface area (Å²) in [7, 11) is 0. The van der Waals surface area contributed by atoms with E-state index >= 15 is 0 Å². The van der Waals surface area contributed by atoms with Crippen LogP contribution in [0.25, 0.3) is 0 Å². The molecule has 3 heteroatoms. The number of rotatable bonds is 5. The van der Waals surface area contributed by atoms with Crippen LogP contribution in [0, 0.1) is 5.41 Å². The number of carboxylic acids is 1. The van der Waals surface area contributed by atoms with Crippen LogP contribution < -0.4 is 5.32 Å². The Kier molecular flexibility index (Phi) is 4.75. The van der Waals surface area contributed by atoms with Gasteiger partial charge in [-0.25, -0.2) is 4.79 Å². The lowest BCUT2D eigenvalue weighted by atomic mass is 9.81. The van der Waals surface area contributed by atoms with Gasteiger partial charge in [-0.1, -0.05) is 39.0 Å². The monoisotopic (exact) mass is 263 g/mol. The molecule has 2 N–H and O–H groups in total. The molecule has 0 saturated heterocycles. The van der Waals surface area contributed by atoms with E-state index < -0.39 is 5.97 Å². The Morgan fingerprint density at radius 3 is 2.26 bits per heavy atom. The number of aromatic carboxylic acids is 1. The first-order chi connectivity index (χ1) is 8.61. The molecular weight excluding hydrogens is 238 g/mol. The summed E-state index contributed by atoms with van der Waals surface area (Å²) in [6, 6.07) is 7.15. The highest BCUT2D eigenvalue weighted by molar-refractivity contribution is 5.89. The Bertz CT molecular complexity index is 444. The first-order valence-corrected chi connectivity index (χ1v) is 6.67. The highest BCUT2D eigenvalue weighted by Crippen LogP contribution is 2.27. The molecule has 0 aliphatic carbocycles. The molecule has 1 aromatic carbocycles. The molecule has 0 bridgehead atoms. The molecular formula is C16H25NO2. The van der Waals surface area contributed by atoms with Gasteiger partial charge in [-0.3, -0.25) is 0 Å². The normalized spacial score (nSPS) is 12.5. The smallest absolute Gasteiger partial charge is 0.336 e. The second-order valence-electron chi connectivity index (χ2n) is 6.94. The average molecular weight is 263 g/mol. The zero-order valence-corrected chi connectivity index (χ0v) is 12.6. The van der Waals surface area contributed by atoms with Gasteiger partial charge < -0.3 is 10.4 Å². The fourth-order valence-corrected chi connectivity index (χ4v) is 2.61. The van der Waals surface area contributed by atoms with Gasteiger partial charge in [0.15, 0.2) is 0 Å². The van der Waals surface area contributed by atoms with Gasteiger partial charge in [-0.05, 0) is 37.3 Å². The molecule has 0 saturated carbocycles. The lowest BCUT2D eigenvalue weighted by molar-refractivity contribution is 0.0695. The molecule has 0 radical (unpaired) electrons. The Hall–Kier alpha value is -1.35. The Morgan fingerprint density at radius 1 is 1.16 bits per heavy atom. The lowest BCUT2D eigenvalue weighted by Crippen LogP contribution is -2.42. The lowest BCUT2D eigenvalue weighted by Gasteiger charge is -2.33. The largest absolute Gasteiger partial charge is 0.478 e. The molecule has 1 rings (SSSR count). The van der Waals surface area contributed by atoms with E-state index in [2.05, 4.69) is 39.9 Å². The molecule has 0 fully saturated rings. The molecule has 0 atom stereocenters. The molecule has 0 aliphatic rings. The maximum absolute atomic E-state index is 11.1. The van der Waals surface area contributed by atoms with E-state index in [9.17, 15) is 4.79 Å². The van der Waals surface area contributed by atoms with Crippen molar-refractivity contribution in [1.29, 1.82) is 0 Å². The van der Waals surface area contributed by atoms with Crippen LogP contribution in [0.15, 0.2) is 24.3 Å². The highest BCUT2D eigenvalue weighted by Gasteiger charge is 2.25. The third-order valence-electron chi connectivity index (χ3n) is 2.98. The predicted molar refractivity (Wildman–Crippen MR) is 78.4 cm³/mol. The summed E-state index contributed by atoms with van der Waals surface area (Å²) in [6.07, 6.45) is 1.02. The van der Waals surface area contributed by atoms with Gasteiger partial charge in [-0.2, -0.15) is 0 Å². The highest BCUT2D eigenvalue weighted by atomic mass is 16.4. The Balaban J connectivity index is 2.74. The first-order valence-electron chi connectivity index (χ1n) is 6.67. The topological polar surface area (TPSA) is 49.3 Å². The summed E-state index contributed by atoms with van der Waals surface area (Å²) in [5.74, 6) is -0.869. The molecule has 1 aromatic rings. The van der Waals surface area contributed by atoms with E-state index in [1.807, 2.05) is 12.1 Å². The molecule has 0 heterocycles. The van der Waals surface area contributed by atoms with E-state index in [1.54, 1.807) is 12.1 Å². The standard InChI is InChI=1S/C16H25NO2/c1-15(2,3)11-16(4,5)17-10-12-8-6-7-9-13(12)14(18)19/h6-9,17H,10-11H2,1-5H3,(H,18,19). The van der Waals surface area contributed by atoms with E-state index in [1.165, 1.54) is 0 Å². The van der Waals surface area contributed by atoms with Crippen molar-refractivity contribution in [3.63, 3.8) is 0 Å². The first kappa shape index (κ1) is 15.7. The Morgan fingerprint density at radius 2 is 1.74 bits per heavy atom. The van der Waals surface area contributed by atoms with Crippen LogP contribution in [0.5, 0.6) is 0 Å². The van der Waals surface area contributed by atoms with Gasteiger partial charge in [0.05, 0.1) is 5.56 Å². The van der Waals surface area contributed by atoms with Gasteiger partial charge in [0.1, 0.15) is 0 Å². The van der Waals surface area contributed by atoms with Crippen molar-refractivity contribution in [3.05, 3.63) is 35.4 Å². The zero-order valence-electron chi connectivity index (χ0n) is 12.6. The van der Waals surface area contributed by atoms with Gasteiger partial charge in [0.25, 0.3) is 0 Å². The van der Waals surface area contributed by atoms with Gasteiger partial charge >= 0.3 is 5.97 Å². The fourth-order valence-electron chi connectivity index (χ4n) is 2.61. The number of carboxylic acid groups (broad SMARTS) is 1. The molecule has 0 aromatic heterocycles. The van der Waals surface area contributed by atoms with Crippen molar-refractivity contribution in [1.82, 2.24) is 5.32 Å². The minimum Gasteiger partial charge on any atom is -0.478 e. The number of hydrogen-bond acceptors (Lipinski definition) is 2. The zero-order chi connectivity index (χ0) is 14.7. The van der Waals surface area contributed by atoms with Crippen LogP contribution in [-0.2, 0) is 6.54 Å². The van der Waals surface area contributed by atoms with Crippen molar-refractivity contribution < 1.29 is 9.90 Å². The maximum atomic E-state index is 11.1. The summed E-state index contributed by atoms with van der Waals surface area (Å²) in [5, 5.41) is 12.6. The molecule has 0 amide bonds. The molecule has 19 heavy (non-hydrogen) atoms. The van der Waals surface area contributed by atoms with E-state index in [0.717, 1.165) is 12.0 Å². The summed E-state index contributed by atoms with van der Waals surface area (Å²) >= 11 is 0. The fraction of sp³-hybridized carbons (Fsp3) is 0.562. The van der Waals surface area contributed by atoms with Gasteiger partial charge in [0, 0.05) is 12.1 Å². The molecule has 0 unspecified atom stereocenters. The van der Waals surface area contributed by atoms with Crippen LogP contribution in [0.3, 0.4) is 0 Å². The predicted octanol–water partition coefficient (Wildman–Crippen LogP) is 3.69. The number of hydrogen-bond donors (Lipinski definition) is 2. The summed E-state index contributed by atoms with van der Waals surface area (Å²) in [6.45, 7) is 11.5. The second-order valence-corrected chi connectivity index (χ2v) is 6.94. The van der Waals surface area contributed by atoms with Crippen molar-refractivity contribution >= 4 is 5.97 Å². The SMILES string of the molecule is CC(C)(C)CC(C)(C)NCc1ccccc1C(=O)O. The van der Waals surface area contributed by atoms with E-state index in [0.29, 0.717) is 12.1 Å². The van der Waals surface area contributed by atoms with Crippen LogP contribution in [-0.4, -0.2) is 16.6 Å². The summed E-state index contributed by atoms with van der Waals surface area (Å²) in [4.78, 5) is 11.1. The third-order valence-corrected chi connectivity index (χ3v) is 2.98.